The number of hydrogen-bond donors (Lipinski definition) is 0. The highest BCUT2D eigenvalue weighted by Gasteiger charge is 2.27. The standard InChI is InChI=1S/C15H20ClNO3/c1-2-17(15(18)12-6-8-19-11-12)7-9-20-14-5-3-4-13(16)10-14/h3-5,10,12H,2,6-9,11H2,1H3. The van der Waals surface area contributed by atoms with Crippen molar-refractivity contribution >= 4 is 17.5 Å². The predicted octanol–water partition coefficient (Wildman–Crippen LogP) is 2.60. The molecule has 0 bridgehead atoms. The van der Waals surface area contributed by atoms with Crippen LogP contribution >= 0.6 is 11.6 Å². The fraction of sp³-hybridized carbons (Fsp3) is 0.533. The van der Waals surface area contributed by atoms with Crippen LogP contribution < -0.4 is 4.74 Å². The lowest BCUT2D eigenvalue weighted by atomic mass is 10.1. The second kappa shape index (κ2) is 7.50. The van der Waals surface area contributed by atoms with Crippen molar-refractivity contribution in [2.75, 3.05) is 32.9 Å². The van der Waals surface area contributed by atoms with Crippen molar-refractivity contribution in [3.8, 4) is 5.75 Å². The summed E-state index contributed by atoms with van der Waals surface area (Å²) in [7, 11) is 0. The first-order valence-electron chi connectivity index (χ1n) is 6.95. The summed E-state index contributed by atoms with van der Waals surface area (Å²) < 4.78 is 10.9. The molecule has 0 saturated carbocycles. The summed E-state index contributed by atoms with van der Waals surface area (Å²) in [5, 5.41) is 0.647. The number of carbonyl (C=O) groups excluding carboxylic acids is 1. The molecule has 20 heavy (non-hydrogen) atoms. The molecule has 1 unspecified atom stereocenters. The summed E-state index contributed by atoms with van der Waals surface area (Å²) in [5.41, 5.74) is 0. The second-order valence-electron chi connectivity index (χ2n) is 4.78. The molecule has 1 aromatic carbocycles. The lowest BCUT2D eigenvalue weighted by molar-refractivity contribution is -0.135. The zero-order valence-electron chi connectivity index (χ0n) is 11.7. The average Bonchev–Trinajstić information content (AvgIpc) is 2.97. The van der Waals surface area contributed by atoms with Crippen molar-refractivity contribution in [1.29, 1.82) is 0 Å². The van der Waals surface area contributed by atoms with Crippen molar-refractivity contribution in [3.63, 3.8) is 0 Å². The molecule has 0 aliphatic carbocycles. The van der Waals surface area contributed by atoms with E-state index in [4.69, 9.17) is 21.1 Å². The normalized spacial score (nSPS) is 18.0. The molecule has 1 fully saturated rings. The first-order valence-corrected chi connectivity index (χ1v) is 7.33. The highest BCUT2D eigenvalue weighted by atomic mass is 35.5. The Morgan fingerprint density at radius 3 is 3.05 bits per heavy atom. The number of carbonyl (C=O) groups is 1. The Hall–Kier alpha value is -1.26. The van der Waals surface area contributed by atoms with E-state index in [1.165, 1.54) is 0 Å². The number of nitrogens with zero attached hydrogens (tertiary/aromatic N) is 1. The monoisotopic (exact) mass is 297 g/mol. The molecule has 0 radical (unpaired) electrons. The summed E-state index contributed by atoms with van der Waals surface area (Å²) >= 11 is 5.89. The molecule has 1 heterocycles. The Labute approximate surface area is 124 Å². The quantitative estimate of drug-likeness (QED) is 0.810. The summed E-state index contributed by atoms with van der Waals surface area (Å²) in [6.45, 7) is 4.95. The Balaban J connectivity index is 1.80. The number of hydrogen-bond acceptors (Lipinski definition) is 3. The largest absolute Gasteiger partial charge is 0.492 e. The number of halogens is 1. The average molecular weight is 298 g/mol. The first kappa shape index (κ1) is 15.1. The first-order chi connectivity index (χ1) is 9.70. The minimum Gasteiger partial charge on any atom is -0.492 e. The van der Waals surface area contributed by atoms with Gasteiger partial charge in [-0.3, -0.25) is 4.79 Å². The van der Waals surface area contributed by atoms with E-state index >= 15 is 0 Å². The van der Waals surface area contributed by atoms with Gasteiger partial charge < -0.3 is 14.4 Å². The summed E-state index contributed by atoms with van der Waals surface area (Å²) in [6.07, 6.45) is 0.824. The molecule has 2 rings (SSSR count). The van der Waals surface area contributed by atoms with Gasteiger partial charge in [0.2, 0.25) is 5.91 Å². The Kier molecular flexibility index (Phi) is 5.68. The zero-order chi connectivity index (χ0) is 14.4. The van der Waals surface area contributed by atoms with E-state index in [1.54, 1.807) is 12.1 Å². The van der Waals surface area contributed by atoms with E-state index in [9.17, 15) is 4.79 Å². The Morgan fingerprint density at radius 2 is 2.40 bits per heavy atom. The molecule has 1 aliphatic rings. The highest BCUT2D eigenvalue weighted by Crippen LogP contribution is 2.18. The third-order valence-corrected chi connectivity index (χ3v) is 3.63. The number of likely N-dealkylation sites (N-methyl/N-ethyl adjacent to an activating group) is 1. The van der Waals surface area contributed by atoms with Crippen LogP contribution in [-0.2, 0) is 9.53 Å². The van der Waals surface area contributed by atoms with Gasteiger partial charge in [0, 0.05) is 18.2 Å². The van der Waals surface area contributed by atoms with E-state index in [0.717, 1.165) is 12.2 Å². The number of amides is 1. The van der Waals surface area contributed by atoms with Gasteiger partial charge in [0.25, 0.3) is 0 Å². The topological polar surface area (TPSA) is 38.8 Å². The van der Waals surface area contributed by atoms with Gasteiger partial charge in [-0.2, -0.15) is 0 Å². The molecule has 110 valence electrons. The summed E-state index contributed by atoms with van der Waals surface area (Å²) in [4.78, 5) is 14.1. The van der Waals surface area contributed by atoms with Gasteiger partial charge in [0.05, 0.1) is 19.1 Å². The minimum absolute atomic E-state index is 0.0149. The third-order valence-electron chi connectivity index (χ3n) is 3.40. The molecule has 1 aliphatic heterocycles. The molecular formula is C15H20ClNO3. The summed E-state index contributed by atoms with van der Waals surface area (Å²) in [5.74, 6) is 0.908. The summed E-state index contributed by atoms with van der Waals surface area (Å²) in [6, 6.07) is 7.27. The van der Waals surface area contributed by atoms with Crippen LogP contribution in [0.1, 0.15) is 13.3 Å². The third kappa shape index (κ3) is 4.12. The number of ether oxygens (including phenoxy) is 2. The SMILES string of the molecule is CCN(CCOc1cccc(Cl)c1)C(=O)C1CCOC1. The molecule has 0 N–H and O–H groups in total. The van der Waals surface area contributed by atoms with Gasteiger partial charge in [0.1, 0.15) is 12.4 Å². The van der Waals surface area contributed by atoms with Gasteiger partial charge >= 0.3 is 0 Å². The molecule has 1 atom stereocenters. The van der Waals surface area contributed by atoms with Gasteiger partial charge in [-0.05, 0) is 31.5 Å². The van der Waals surface area contributed by atoms with Gasteiger partial charge in [0.15, 0.2) is 0 Å². The van der Waals surface area contributed by atoms with Crippen molar-refractivity contribution in [2.24, 2.45) is 5.92 Å². The Morgan fingerprint density at radius 1 is 1.55 bits per heavy atom. The molecule has 1 saturated heterocycles. The van der Waals surface area contributed by atoms with Crippen LogP contribution in [0, 0.1) is 5.92 Å². The number of benzene rings is 1. The molecule has 4 nitrogen and oxygen atoms in total. The molecule has 1 amide bonds. The second-order valence-corrected chi connectivity index (χ2v) is 5.22. The van der Waals surface area contributed by atoms with E-state index in [2.05, 4.69) is 0 Å². The minimum atomic E-state index is 0.0149. The zero-order valence-corrected chi connectivity index (χ0v) is 12.4. The predicted molar refractivity (Wildman–Crippen MR) is 78.1 cm³/mol. The van der Waals surface area contributed by atoms with E-state index in [1.807, 2.05) is 24.0 Å². The van der Waals surface area contributed by atoms with Crippen molar-refractivity contribution in [1.82, 2.24) is 4.90 Å². The number of rotatable bonds is 6. The molecular weight excluding hydrogens is 278 g/mol. The Bertz CT molecular complexity index is 446. The lowest BCUT2D eigenvalue weighted by Gasteiger charge is -2.23. The van der Waals surface area contributed by atoms with E-state index in [0.29, 0.717) is 37.9 Å². The maximum absolute atomic E-state index is 12.2. The fourth-order valence-corrected chi connectivity index (χ4v) is 2.42. The van der Waals surface area contributed by atoms with Crippen LogP contribution in [0.25, 0.3) is 0 Å². The van der Waals surface area contributed by atoms with Crippen molar-refractivity contribution in [2.45, 2.75) is 13.3 Å². The van der Waals surface area contributed by atoms with Crippen LogP contribution in [0.3, 0.4) is 0 Å². The molecule has 0 spiro atoms. The van der Waals surface area contributed by atoms with Gasteiger partial charge in [-0.25, -0.2) is 0 Å². The van der Waals surface area contributed by atoms with Crippen LogP contribution in [0.15, 0.2) is 24.3 Å². The van der Waals surface area contributed by atoms with Crippen molar-refractivity contribution < 1.29 is 14.3 Å². The van der Waals surface area contributed by atoms with Gasteiger partial charge in [-0.1, -0.05) is 17.7 Å². The smallest absolute Gasteiger partial charge is 0.228 e. The van der Waals surface area contributed by atoms with Crippen molar-refractivity contribution in [3.05, 3.63) is 29.3 Å². The molecule has 5 heteroatoms. The van der Waals surface area contributed by atoms with Crippen LogP contribution in [0.5, 0.6) is 5.75 Å². The maximum atomic E-state index is 12.2. The van der Waals surface area contributed by atoms with E-state index in [-0.39, 0.29) is 11.8 Å². The fourth-order valence-electron chi connectivity index (χ4n) is 2.24. The highest BCUT2D eigenvalue weighted by molar-refractivity contribution is 6.30. The van der Waals surface area contributed by atoms with Gasteiger partial charge in [-0.15, -0.1) is 0 Å². The lowest BCUT2D eigenvalue weighted by Crippen LogP contribution is -2.38. The molecule has 0 aromatic heterocycles. The van der Waals surface area contributed by atoms with E-state index < -0.39 is 0 Å². The maximum Gasteiger partial charge on any atom is 0.228 e. The van der Waals surface area contributed by atoms with Crippen LogP contribution in [-0.4, -0.2) is 43.7 Å². The van der Waals surface area contributed by atoms with Crippen LogP contribution in [0.4, 0.5) is 0 Å². The van der Waals surface area contributed by atoms with Crippen LogP contribution in [0.2, 0.25) is 5.02 Å². The molecule has 1 aromatic rings.